The number of methoxy groups -OCH3 is 1. The maximum atomic E-state index is 12.6. The Bertz CT molecular complexity index is 850. The standard InChI is InChI=1S/C23H26O5/c1-15(2)13-17-5-9-19(10-6-17)16(3)23(26)28-20-11-7-18(8-12-22(24)25)14-21(20)27-4/h5-12,14-16H,13H2,1-4H3,(H,24,25). The molecule has 2 rings (SSSR count). The van der Waals surface area contributed by atoms with Gasteiger partial charge in [-0.15, -0.1) is 0 Å². The van der Waals surface area contributed by atoms with E-state index in [9.17, 15) is 9.59 Å². The van der Waals surface area contributed by atoms with Gasteiger partial charge >= 0.3 is 11.9 Å². The molecule has 0 aliphatic heterocycles. The van der Waals surface area contributed by atoms with E-state index in [1.54, 1.807) is 25.1 Å². The minimum Gasteiger partial charge on any atom is -0.493 e. The Morgan fingerprint density at radius 1 is 1.04 bits per heavy atom. The molecule has 5 nitrogen and oxygen atoms in total. The van der Waals surface area contributed by atoms with Crippen LogP contribution < -0.4 is 9.47 Å². The zero-order valence-electron chi connectivity index (χ0n) is 16.6. The predicted molar refractivity (Wildman–Crippen MR) is 109 cm³/mol. The van der Waals surface area contributed by atoms with E-state index < -0.39 is 11.9 Å². The zero-order chi connectivity index (χ0) is 20.7. The lowest BCUT2D eigenvalue weighted by Crippen LogP contribution is -2.16. The van der Waals surface area contributed by atoms with Crippen molar-refractivity contribution in [1.29, 1.82) is 0 Å². The molecular formula is C23H26O5. The molecule has 0 saturated heterocycles. The number of carbonyl (C=O) groups is 2. The number of aliphatic carboxylic acids is 1. The van der Waals surface area contributed by atoms with Gasteiger partial charge < -0.3 is 14.6 Å². The van der Waals surface area contributed by atoms with Gasteiger partial charge in [0.2, 0.25) is 0 Å². The van der Waals surface area contributed by atoms with Crippen LogP contribution in [0.2, 0.25) is 0 Å². The molecule has 148 valence electrons. The quantitative estimate of drug-likeness (QED) is 0.407. The first kappa shape index (κ1) is 21.2. The Hall–Kier alpha value is -3.08. The fraction of sp³-hybridized carbons (Fsp3) is 0.304. The number of benzene rings is 2. The van der Waals surface area contributed by atoms with E-state index in [0.29, 0.717) is 23.0 Å². The highest BCUT2D eigenvalue weighted by Crippen LogP contribution is 2.30. The van der Waals surface area contributed by atoms with E-state index in [2.05, 4.69) is 13.8 Å². The third kappa shape index (κ3) is 5.98. The molecule has 0 aliphatic rings. The van der Waals surface area contributed by atoms with Crippen LogP contribution in [0.25, 0.3) is 6.08 Å². The predicted octanol–water partition coefficient (Wildman–Crippen LogP) is 4.70. The molecule has 1 unspecified atom stereocenters. The number of hydrogen-bond acceptors (Lipinski definition) is 4. The Kier molecular flexibility index (Phi) is 7.38. The van der Waals surface area contributed by atoms with Crippen molar-refractivity contribution in [2.24, 2.45) is 5.92 Å². The van der Waals surface area contributed by atoms with E-state index in [1.165, 1.54) is 18.7 Å². The number of carbonyl (C=O) groups excluding carboxylic acids is 1. The van der Waals surface area contributed by atoms with Crippen LogP contribution in [0.5, 0.6) is 11.5 Å². The van der Waals surface area contributed by atoms with Crippen molar-refractivity contribution < 1.29 is 24.2 Å². The number of carboxylic acids is 1. The third-order valence-electron chi connectivity index (χ3n) is 4.29. The van der Waals surface area contributed by atoms with Crippen molar-refractivity contribution in [3.8, 4) is 11.5 Å². The molecule has 1 N–H and O–H groups in total. The maximum absolute atomic E-state index is 12.6. The summed E-state index contributed by atoms with van der Waals surface area (Å²) in [5, 5.41) is 8.72. The topological polar surface area (TPSA) is 72.8 Å². The molecule has 0 saturated carbocycles. The summed E-state index contributed by atoms with van der Waals surface area (Å²) in [6, 6.07) is 12.9. The summed E-state index contributed by atoms with van der Waals surface area (Å²) in [6.07, 6.45) is 3.47. The van der Waals surface area contributed by atoms with Crippen LogP contribution in [0.15, 0.2) is 48.5 Å². The first-order valence-electron chi connectivity index (χ1n) is 9.19. The van der Waals surface area contributed by atoms with Crippen LogP contribution in [0.1, 0.15) is 43.4 Å². The Morgan fingerprint density at radius 2 is 1.71 bits per heavy atom. The average Bonchev–Trinajstić information content (AvgIpc) is 2.66. The normalized spacial score (nSPS) is 12.2. The van der Waals surface area contributed by atoms with Gasteiger partial charge in [0.05, 0.1) is 13.0 Å². The van der Waals surface area contributed by atoms with E-state index >= 15 is 0 Å². The van der Waals surface area contributed by atoms with E-state index in [1.807, 2.05) is 24.3 Å². The highest BCUT2D eigenvalue weighted by Gasteiger charge is 2.19. The first-order valence-corrected chi connectivity index (χ1v) is 9.19. The minimum absolute atomic E-state index is 0.295. The van der Waals surface area contributed by atoms with Crippen LogP contribution in [0.3, 0.4) is 0 Å². The van der Waals surface area contributed by atoms with Crippen LogP contribution >= 0.6 is 0 Å². The number of carboxylic acid groups (broad SMARTS) is 1. The Morgan fingerprint density at radius 3 is 2.29 bits per heavy atom. The van der Waals surface area contributed by atoms with Gasteiger partial charge in [0.1, 0.15) is 0 Å². The van der Waals surface area contributed by atoms with Crippen LogP contribution in [-0.2, 0) is 16.0 Å². The lowest BCUT2D eigenvalue weighted by molar-refractivity contribution is -0.136. The molecule has 0 aliphatic carbocycles. The van der Waals surface area contributed by atoms with Gasteiger partial charge in [0, 0.05) is 6.08 Å². The summed E-state index contributed by atoms with van der Waals surface area (Å²) in [5.74, 6) is -0.617. The molecule has 2 aromatic carbocycles. The average molecular weight is 382 g/mol. The summed E-state index contributed by atoms with van der Waals surface area (Å²) in [5.41, 5.74) is 2.76. The second-order valence-electron chi connectivity index (χ2n) is 7.06. The van der Waals surface area contributed by atoms with Crippen LogP contribution in [0, 0.1) is 5.92 Å². The fourth-order valence-electron chi connectivity index (χ4n) is 2.79. The van der Waals surface area contributed by atoms with E-state index in [-0.39, 0.29) is 5.97 Å². The van der Waals surface area contributed by atoms with Crippen molar-refractivity contribution in [2.45, 2.75) is 33.1 Å². The van der Waals surface area contributed by atoms with E-state index in [0.717, 1.165) is 18.1 Å². The molecule has 0 fully saturated rings. The molecule has 0 spiro atoms. The van der Waals surface area contributed by atoms with Gasteiger partial charge in [0.15, 0.2) is 11.5 Å². The molecule has 0 amide bonds. The van der Waals surface area contributed by atoms with Crippen molar-refractivity contribution >= 4 is 18.0 Å². The molecule has 0 radical (unpaired) electrons. The molecule has 2 aromatic rings. The summed E-state index contributed by atoms with van der Waals surface area (Å²) in [7, 11) is 1.47. The van der Waals surface area contributed by atoms with Gasteiger partial charge in [-0.2, -0.15) is 0 Å². The van der Waals surface area contributed by atoms with Gasteiger partial charge in [-0.3, -0.25) is 4.79 Å². The van der Waals surface area contributed by atoms with E-state index in [4.69, 9.17) is 14.6 Å². The number of esters is 1. The molecule has 0 bridgehead atoms. The summed E-state index contributed by atoms with van der Waals surface area (Å²) in [6.45, 7) is 6.14. The first-order chi connectivity index (χ1) is 13.3. The summed E-state index contributed by atoms with van der Waals surface area (Å²) in [4.78, 5) is 23.2. The number of ether oxygens (including phenoxy) is 2. The molecule has 5 heteroatoms. The second kappa shape index (κ2) is 9.74. The van der Waals surface area contributed by atoms with Gasteiger partial charge in [-0.05, 0) is 54.2 Å². The smallest absolute Gasteiger partial charge is 0.328 e. The van der Waals surface area contributed by atoms with Gasteiger partial charge in [-0.25, -0.2) is 4.79 Å². The monoisotopic (exact) mass is 382 g/mol. The second-order valence-corrected chi connectivity index (χ2v) is 7.06. The highest BCUT2D eigenvalue weighted by atomic mass is 16.6. The zero-order valence-corrected chi connectivity index (χ0v) is 16.6. The molecule has 0 heterocycles. The van der Waals surface area contributed by atoms with Crippen LogP contribution in [-0.4, -0.2) is 24.2 Å². The van der Waals surface area contributed by atoms with Gasteiger partial charge in [-0.1, -0.05) is 44.2 Å². The van der Waals surface area contributed by atoms with Crippen molar-refractivity contribution in [3.63, 3.8) is 0 Å². The van der Waals surface area contributed by atoms with Crippen molar-refractivity contribution in [2.75, 3.05) is 7.11 Å². The fourth-order valence-corrected chi connectivity index (χ4v) is 2.79. The molecule has 1 atom stereocenters. The van der Waals surface area contributed by atoms with Crippen molar-refractivity contribution in [3.05, 3.63) is 65.2 Å². The number of hydrogen-bond donors (Lipinski definition) is 1. The Balaban J connectivity index is 2.11. The Labute approximate surface area is 165 Å². The largest absolute Gasteiger partial charge is 0.493 e. The third-order valence-corrected chi connectivity index (χ3v) is 4.29. The van der Waals surface area contributed by atoms with Gasteiger partial charge in [0.25, 0.3) is 0 Å². The lowest BCUT2D eigenvalue weighted by atomic mass is 9.97. The van der Waals surface area contributed by atoms with Crippen LogP contribution in [0.4, 0.5) is 0 Å². The SMILES string of the molecule is COc1cc(C=CC(=O)O)ccc1OC(=O)C(C)c1ccc(CC(C)C)cc1. The van der Waals surface area contributed by atoms with Crippen molar-refractivity contribution in [1.82, 2.24) is 0 Å². The maximum Gasteiger partial charge on any atom is 0.328 e. The highest BCUT2D eigenvalue weighted by molar-refractivity contribution is 5.85. The number of rotatable bonds is 8. The summed E-state index contributed by atoms with van der Waals surface area (Å²) < 4.78 is 10.8. The molecular weight excluding hydrogens is 356 g/mol. The molecule has 0 aromatic heterocycles. The summed E-state index contributed by atoms with van der Waals surface area (Å²) >= 11 is 0. The molecule has 28 heavy (non-hydrogen) atoms. The lowest BCUT2D eigenvalue weighted by Gasteiger charge is -2.15. The minimum atomic E-state index is -1.04.